The maximum Gasteiger partial charge on any atom is 0.227 e. The molecule has 0 spiro atoms. The van der Waals surface area contributed by atoms with Gasteiger partial charge in [0.25, 0.3) is 0 Å². The zero-order chi connectivity index (χ0) is 37.9. The first-order valence-electron chi connectivity index (χ1n) is 19.0. The third kappa shape index (κ3) is 5.09. The minimum Gasteiger partial charge on any atom is -0.436 e. The second-order valence-corrected chi connectivity index (χ2v) is 14.4. The van der Waals surface area contributed by atoms with Crippen molar-refractivity contribution in [2.75, 3.05) is 0 Å². The lowest BCUT2D eigenvalue weighted by molar-refractivity contribution is 0.617. The van der Waals surface area contributed by atoms with Gasteiger partial charge in [0.15, 0.2) is 11.2 Å². The van der Waals surface area contributed by atoms with Gasteiger partial charge < -0.3 is 8.83 Å². The van der Waals surface area contributed by atoms with Crippen LogP contribution in [0.3, 0.4) is 0 Å². The second-order valence-electron chi connectivity index (χ2n) is 14.4. The maximum atomic E-state index is 11.1. The van der Waals surface area contributed by atoms with Gasteiger partial charge in [0.05, 0.1) is 11.0 Å². The van der Waals surface area contributed by atoms with Gasteiger partial charge in [-0.2, -0.15) is 5.26 Å². The average molecular weight is 730 g/mol. The van der Waals surface area contributed by atoms with Gasteiger partial charge in [0.1, 0.15) is 17.1 Å². The van der Waals surface area contributed by atoms with Crippen molar-refractivity contribution in [3.8, 4) is 62.4 Å². The van der Waals surface area contributed by atoms with Crippen LogP contribution >= 0.6 is 0 Å². The Labute approximate surface area is 328 Å². The largest absolute Gasteiger partial charge is 0.436 e. The molecule has 0 bridgehead atoms. The van der Waals surface area contributed by atoms with E-state index in [-0.39, 0.29) is 0 Å². The molecule has 57 heavy (non-hydrogen) atoms. The molecule has 0 N–H and O–H groups in total. The molecule has 0 atom stereocenters. The van der Waals surface area contributed by atoms with E-state index in [0.717, 1.165) is 44.4 Å². The molecule has 1 aliphatic rings. The third-order valence-electron chi connectivity index (χ3n) is 11.3. The summed E-state index contributed by atoms with van der Waals surface area (Å²) in [5.74, 6) is 0.947. The Hall–Kier alpha value is -7.81. The predicted molar refractivity (Wildman–Crippen MR) is 225 cm³/mol. The number of rotatable bonds is 6. The fourth-order valence-corrected chi connectivity index (χ4v) is 8.79. The molecule has 0 aliphatic heterocycles. The van der Waals surface area contributed by atoms with Crippen LogP contribution in [0.5, 0.6) is 0 Å². The molecule has 10 aromatic rings. The molecule has 11 rings (SSSR count). The first-order chi connectivity index (χ1) is 28.2. The highest BCUT2D eigenvalue weighted by Crippen LogP contribution is 2.57. The molecule has 2 aromatic heterocycles. The van der Waals surface area contributed by atoms with E-state index < -0.39 is 5.41 Å². The average Bonchev–Trinajstić information content (AvgIpc) is 4.00. The number of nitriles is 1. The number of aromatic nitrogens is 2. The Morgan fingerprint density at radius 2 is 0.895 bits per heavy atom. The van der Waals surface area contributed by atoms with Crippen molar-refractivity contribution < 1.29 is 8.83 Å². The monoisotopic (exact) mass is 729 g/mol. The summed E-state index contributed by atoms with van der Waals surface area (Å²) >= 11 is 0. The maximum absolute atomic E-state index is 11.1. The van der Waals surface area contributed by atoms with Crippen molar-refractivity contribution in [2.45, 2.75) is 5.41 Å². The highest BCUT2D eigenvalue weighted by molar-refractivity contribution is 5.91. The Morgan fingerprint density at radius 1 is 0.404 bits per heavy atom. The van der Waals surface area contributed by atoms with E-state index in [2.05, 4.69) is 109 Å². The summed E-state index contributed by atoms with van der Waals surface area (Å²) in [4.78, 5) is 9.67. The van der Waals surface area contributed by atoms with Crippen LogP contribution in [0.2, 0.25) is 0 Å². The normalized spacial score (nSPS) is 12.7. The van der Waals surface area contributed by atoms with E-state index in [9.17, 15) is 5.26 Å². The lowest BCUT2D eigenvalue weighted by Crippen LogP contribution is -2.28. The second kappa shape index (κ2) is 12.9. The van der Waals surface area contributed by atoms with Crippen molar-refractivity contribution in [2.24, 2.45) is 0 Å². The van der Waals surface area contributed by atoms with Gasteiger partial charge in [-0.25, -0.2) is 9.97 Å². The summed E-state index contributed by atoms with van der Waals surface area (Å²) in [7, 11) is 0. The van der Waals surface area contributed by atoms with Crippen LogP contribution < -0.4 is 0 Å². The van der Waals surface area contributed by atoms with Gasteiger partial charge >= 0.3 is 0 Å². The predicted octanol–water partition coefficient (Wildman–Crippen LogP) is 12.9. The van der Waals surface area contributed by atoms with Crippen LogP contribution in [0.15, 0.2) is 197 Å². The minimum atomic E-state index is -0.558. The Balaban J connectivity index is 1.12. The van der Waals surface area contributed by atoms with Crippen LogP contribution in [0.4, 0.5) is 0 Å². The summed E-state index contributed by atoms with van der Waals surface area (Å²) in [5.41, 5.74) is 15.1. The molecule has 266 valence electrons. The highest BCUT2D eigenvalue weighted by Gasteiger charge is 2.46. The van der Waals surface area contributed by atoms with Crippen LogP contribution in [0, 0.1) is 11.3 Å². The molecule has 0 saturated carbocycles. The number of para-hydroxylation sites is 4. The van der Waals surface area contributed by atoms with E-state index >= 15 is 0 Å². The SMILES string of the molecule is N#Cc1c(-c2cc(-c3nc4ccccc4o3)cc(-c3nc4ccccc4o3)c2)cccc1-c1ccc2c(c1)C(c1ccccc1)(c1ccccc1)c1ccccc1-2. The fraction of sp³-hybridized carbons (Fsp3) is 0.0192. The van der Waals surface area contributed by atoms with E-state index in [4.69, 9.17) is 18.8 Å². The molecule has 5 nitrogen and oxygen atoms in total. The van der Waals surface area contributed by atoms with Gasteiger partial charge in [-0.3, -0.25) is 0 Å². The first-order valence-corrected chi connectivity index (χ1v) is 19.0. The fourth-order valence-electron chi connectivity index (χ4n) is 8.79. The molecule has 1 aliphatic carbocycles. The molecule has 0 saturated heterocycles. The number of benzene rings is 8. The van der Waals surface area contributed by atoms with E-state index in [1.165, 1.54) is 33.4 Å². The third-order valence-corrected chi connectivity index (χ3v) is 11.3. The molecule has 0 amide bonds. The Bertz CT molecular complexity index is 3010. The topological polar surface area (TPSA) is 75.8 Å². The molecule has 0 fully saturated rings. The van der Waals surface area contributed by atoms with Gasteiger partial charge in [-0.05, 0) is 93.0 Å². The van der Waals surface area contributed by atoms with Gasteiger partial charge in [0.2, 0.25) is 11.8 Å². The van der Waals surface area contributed by atoms with Crippen molar-refractivity contribution >= 4 is 22.2 Å². The Kier molecular flexibility index (Phi) is 7.38. The smallest absolute Gasteiger partial charge is 0.227 e. The van der Waals surface area contributed by atoms with Crippen molar-refractivity contribution in [3.05, 3.63) is 216 Å². The van der Waals surface area contributed by atoms with Crippen LogP contribution in [-0.2, 0) is 5.41 Å². The first kappa shape index (κ1) is 32.6. The number of hydrogen-bond acceptors (Lipinski definition) is 5. The summed E-state index contributed by atoms with van der Waals surface area (Å²) < 4.78 is 12.6. The van der Waals surface area contributed by atoms with Crippen LogP contribution in [-0.4, -0.2) is 9.97 Å². The highest BCUT2D eigenvalue weighted by atomic mass is 16.4. The minimum absolute atomic E-state index is 0.474. The van der Waals surface area contributed by atoms with Gasteiger partial charge in [0, 0.05) is 22.3 Å². The summed E-state index contributed by atoms with van der Waals surface area (Å²) in [6.45, 7) is 0. The lowest BCUT2D eigenvalue weighted by Gasteiger charge is -2.34. The molecule has 5 heteroatoms. The molecule has 0 unspecified atom stereocenters. The van der Waals surface area contributed by atoms with Crippen LogP contribution in [0.1, 0.15) is 27.8 Å². The number of oxazole rings is 2. The standard InChI is InChI=1S/C52H31N3O2/c53-32-43-39(33-26-27-42-41-18-7-8-21-44(41)52(45(42)31-33,37-14-3-1-4-15-37)38-16-5-2-6-17-38)19-13-20-40(43)34-28-35(50-54-46-22-9-11-24-48(46)56-50)30-36(29-34)51-55-47-23-10-12-25-49(47)57-51/h1-31H. The summed E-state index contributed by atoms with van der Waals surface area (Å²) in [5, 5.41) is 11.1. The van der Waals surface area contributed by atoms with Crippen LogP contribution in [0.25, 0.3) is 78.5 Å². The van der Waals surface area contributed by atoms with E-state index in [1.807, 2.05) is 84.9 Å². The molecular weight excluding hydrogens is 699 g/mol. The zero-order valence-electron chi connectivity index (χ0n) is 30.6. The molecule has 2 heterocycles. The quantitative estimate of drug-likeness (QED) is 0.170. The van der Waals surface area contributed by atoms with Gasteiger partial charge in [-0.15, -0.1) is 0 Å². The Morgan fingerprint density at radius 3 is 1.49 bits per heavy atom. The molecular formula is C52H31N3O2. The van der Waals surface area contributed by atoms with Crippen molar-refractivity contribution in [3.63, 3.8) is 0 Å². The summed E-state index contributed by atoms with van der Waals surface area (Å²) in [6.07, 6.45) is 0. The number of fused-ring (bicyclic) bond motifs is 5. The van der Waals surface area contributed by atoms with Crippen molar-refractivity contribution in [1.82, 2.24) is 9.97 Å². The van der Waals surface area contributed by atoms with Crippen molar-refractivity contribution in [1.29, 1.82) is 5.26 Å². The number of nitrogens with zero attached hydrogens (tertiary/aromatic N) is 3. The van der Waals surface area contributed by atoms with E-state index in [0.29, 0.717) is 28.5 Å². The molecule has 0 radical (unpaired) electrons. The zero-order valence-corrected chi connectivity index (χ0v) is 30.6. The van der Waals surface area contributed by atoms with Gasteiger partial charge in [-0.1, -0.05) is 140 Å². The number of hydrogen-bond donors (Lipinski definition) is 0. The summed E-state index contributed by atoms with van der Waals surface area (Å²) in [6, 6.07) is 67.1. The lowest BCUT2D eigenvalue weighted by atomic mass is 9.67. The molecule has 8 aromatic carbocycles. The van der Waals surface area contributed by atoms with E-state index in [1.54, 1.807) is 0 Å².